The number of aromatic hydroxyl groups is 1. The van der Waals surface area contributed by atoms with Crippen molar-refractivity contribution in [2.75, 3.05) is 6.61 Å². The fourth-order valence-corrected chi connectivity index (χ4v) is 1.49. The molecule has 0 spiro atoms. The summed E-state index contributed by atoms with van der Waals surface area (Å²) < 4.78 is 0. The van der Waals surface area contributed by atoms with Crippen LogP contribution in [0.1, 0.15) is 37.0 Å². The van der Waals surface area contributed by atoms with E-state index in [0.29, 0.717) is 12.8 Å². The molecule has 0 aliphatic rings. The molecule has 0 aliphatic heterocycles. The van der Waals surface area contributed by atoms with E-state index in [4.69, 9.17) is 5.11 Å². The van der Waals surface area contributed by atoms with Crippen LogP contribution in [0.5, 0.6) is 5.75 Å². The highest BCUT2D eigenvalue weighted by Crippen LogP contribution is 2.18. The molecule has 3 N–H and O–H groups in total. The monoisotopic (exact) mass is 238 g/mol. The molecule has 1 unspecified atom stereocenters. The van der Waals surface area contributed by atoms with Gasteiger partial charge >= 0.3 is 0 Å². The van der Waals surface area contributed by atoms with Gasteiger partial charge in [-0.2, -0.15) is 0 Å². The Morgan fingerprint density at radius 3 is 2.82 bits per heavy atom. The molecule has 94 valence electrons. The van der Waals surface area contributed by atoms with Gasteiger partial charge in [-0.05, 0) is 25.8 Å². The van der Waals surface area contributed by atoms with Crippen LogP contribution in [0.3, 0.4) is 0 Å². The molecule has 1 atom stereocenters. The van der Waals surface area contributed by atoms with Gasteiger partial charge in [-0.15, -0.1) is 0 Å². The minimum atomic E-state index is -0.471. The number of aliphatic hydroxyl groups excluding tert-OH is 1. The minimum absolute atomic E-state index is 0.00689. The topological polar surface area (TPSA) is 82.5 Å². The molecule has 0 saturated heterocycles. The van der Waals surface area contributed by atoms with Crippen molar-refractivity contribution in [1.82, 2.24) is 10.3 Å². The van der Waals surface area contributed by atoms with Crippen LogP contribution in [0.15, 0.2) is 18.5 Å². The molecule has 1 aromatic heterocycles. The lowest BCUT2D eigenvalue weighted by atomic mass is 9.94. The van der Waals surface area contributed by atoms with Crippen LogP contribution in [0, 0.1) is 0 Å². The van der Waals surface area contributed by atoms with Crippen molar-refractivity contribution < 1.29 is 15.0 Å². The Balaban J connectivity index is 2.82. The third kappa shape index (κ3) is 3.42. The molecule has 1 heterocycles. The van der Waals surface area contributed by atoms with Crippen molar-refractivity contribution in [3.8, 4) is 5.75 Å². The van der Waals surface area contributed by atoms with E-state index in [0.717, 1.165) is 0 Å². The Morgan fingerprint density at radius 2 is 2.29 bits per heavy atom. The highest BCUT2D eigenvalue weighted by atomic mass is 16.3. The number of hydrogen-bond donors (Lipinski definition) is 3. The normalized spacial score (nSPS) is 14.1. The highest BCUT2D eigenvalue weighted by Gasteiger charge is 2.25. The number of hydrogen-bond acceptors (Lipinski definition) is 4. The smallest absolute Gasteiger partial charge is 0.255 e. The van der Waals surface area contributed by atoms with E-state index >= 15 is 0 Å². The number of carbonyl (C=O) groups excluding carboxylic acids is 1. The molecular weight excluding hydrogens is 220 g/mol. The van der Waals surface area contributed by atoms with Gasteiger partial charge in [0, 0.05) is 18.3 Å². The van der Waals surface area contributed by atoms with E-state index < -0.39 is 5.54 Å². The summed E-state index contributed by atoms with van der Waals surface area (Å²) >= 11 is 0. The predicted molar refractivity (Wildman–Crippen MR) is 63.8 cm³/mol. The summed E-state index contributed by atoms with van der Waals surface area (Å²) in [7, 11) is 0. The van der Waals surface area contributed by atoms with Gasteiger partial charge < -0.3 is 15.5 Å². The molecule has 0 aromatic carbocycles. The first-order chi connectivity index (χ1) is 8.02. The van der Waals surface area contributed by atoms with Crippen LogP contribution in [-0.4, -0.2) is 33.3 Å². The third-order valence-corrected chi connectivity index (χ3v) is 2.90. The number of carbonyl (C=O) groups is 1. The van der Waals surface area contributed by atoms with Crippen molar-refractivity contribution in [3.63, 3.8) is 0 Å². The van der Waals surface area contributed by atoms with Crippen molar-refractivity contribution in [1.29, 1.82) is 0 Å². The summed E-state index contributed by atoms with van der Waals surface area (Å²) in [5.41, 5.74) is -0.278. The van der Waals surface area contributed by atoms with E-state index in [-0.39, 0.29) is 23.8 Å². The Bertz CT molecular complexity index is 395. The standard InChI is InChI=1S/C12H18N2O3/c1-3-12(2,5-7-15)14-11(17)9-4-6-13-8-10(9)16/h4,6,8,15-16H,3,5,7H2,1-2H3,(H,14,17). The summed E-state index contributed by atoms with van der Waals surface area (Å²) in [6, 6.07) is 1.46. The molecule has 1 rings (SSSR count). The Labute approximate surface area is 101 Å². The molecule has 17 heavy (non-hydrogen) atoms. The van der Waals surface area contributed by atoms with Crippen molar-refractivity contribution >= 4 is 5.91 Å². The maximum atomic E-state index is 11.9. The number of aliphatic hydroxyl groups is 1. The summed E-state index contributed by atoms with van der Waals surface area (Å²) in [5.74, 6) is -0.504. The van der Waals surface area contributed by atoms with Gasteiger partial charge in [-0.3, -0.25) is 9.78 Å². The van der Waals surface area contributed by atoms with Crippen LogP contribution in [0.2, 0.25) is 0 Å². The van der Waals surface area contributed by atoms with Crippen LogP contribution in [0.25, 0.3) is 0 Å². The SMILES string of the molecule is CCC(C)(CCO)NC(=O)c1ccncc1O. The maximum Gasteiger partial charge on any atom is 0.255 e. The number of nitrogens with zero attached hydrogens (tertiary/aromatic N) is 1. The first kappa shape index (κ1) is 13.4. The lowest BCUT2D eigenvalue weighted by molar-refractivity contribution is 0.0883. The molecule has 0 aliphatic carbocycles. The average Bonchev–Trinajstić information content (AvgIpc) is 2.29. The summed E-state index contributed by atoms with van der Waals surface area (Å²) in [6.07, 6.45) is 3.85. The molecule has 5 heteroatoms. The Morgan fingerprint density at radius 1 is 1.59 bits per heavy atom. The van der Waals surface area contributed by atoms with Crippen molar-refractivity contribution in [3.05, 3.63) is 24.0 Å². The highest BCUT2D eigenvalue weighted by molar-refractivity contribution is 5.97. The van der Waals surface area contributed by atoms with E-state index in [1.165, 1.54) is 18.5 Å². The predicted octanol–water partition coefficient (Wildman–Crippen LogP) is 1.07. The van der Waals surface area contributed by atoms with Crippen LogP contribution in [0.4, 0.5) is 0 Å². The molecule has 1 aromatic rings. The zero-order chi connectivity index (χ0) is 12.9. The van der Waals surface area contributed by atoms with Gasteiger partial charge in [0.2, 0.25) is 0 Å². The molecule has 0 saturated carbocycles. The number of nitrogens with one attached hydrogen (secondary N) is 1. The zero-order valence-electron chi connectivity index (χ0n) is 10.1. The lowest BCUT2D eigenvalue weighted by Gasteiger charge is -2.29. The van der Waals surface area contributed by atoms with Gasteiger partial charge in [0.25, 0.3) is 5.91 Å². The Hall–Kier alpha value is -1.62. The fourth-order valence-electron chi connectivity index (χ4n) is 1.49. The first-order valence-electron chi connectivity index (χ1n) is 5.59. The quantitative estimate of drug-likeness (QED) is 0.716. The summed E-state index contributed by atoms with van der Waals surface area (Å²) in [4.78, 5) is 15.6. The molecule has 0 radical (unpaired) electrons. The minimum Gasteiger partial charge on any atom is -0.505 e. The Kier molecular flexibility index (Phi) is 4.45. The second-order valence-corrected chi connectivity index (χ2v) is 4.23. The van der Waals surface area contributed by atoms with Crippen LogP contribution in [-0.2, 0) is 0 Å². The van der Waals surface area contributed by atoms with E-state index in [9.17, 15) is 9.90 Å². The van der Waals surface area contributed by atoms with Gasteiger partial charge in [0.05, 0.1) is 11.8 Å². The van der Waals surface area contributed by atoms with Gasteiger partial charge in [-0.1, -0.05) is 6.92 Å². The summed E-state index contributed by atoms with van der Waals surface area (Å²) in [6.45, 7) is 3.80. The zero-order valence-corrected chi connectivity index (χ0v) is 10.1. The summed E-state index contributed by atoms with van der Waals surface area (Å²) in [5, 5.41) is 21.3. The number of aromatic nitrogens is 1. The molecule has 0 fully saturated rings. The molecule has 1 amide bonds. The lowest BCUT2D eigenvalue weighted by Crippen LogP contribution is -2.46. The average molecular weight is 238 g/mol. The van der Waals surface area contributed by atoms with E-state index in [1.54, 1.807) is 0 Å². The molecule has 0 bridgehead atoms. The second-order valence-electron chi connectivity index (χ2n) is 4.23. The number of amides is 1. The first-order valence-corrected chi connectivity index (χ1v) is 5.59. The fraction of sp³-hybridized carbons (Fsp3) is 0.500. The second kappa shape index (κ2) is 5.63. The van der Waals surface area contributed by atoms with Crippen LogP contribution >= 0.6 is 0 Å². The molecular formula is C12H18N2O3. The van der Waals surface area contributed by atoms with Gasteiger partial charge in [-0.25, -0.2) is 0 Å². The van der Waals surface area contributed by atoms with E-state index in [1.807, 2.05) is 13.8 Å². The molecule has 5 nitrogen and oxygen atoms in total. The number of pyridine rings is 1. The van der Waals surface area contributed by atoms with Crippen molar-refractivity contribution in [2.24, 2.45) is 0 Å². The van der Waals surface area contributed by atoms with Crippen LogP contribution < -0.4 is 5.32 Å². The van der Waals surface area contributed by atoms with Crippen molar-refractivity contribution in [2.45, 2.75) is 32.2 Å². The third-order valence-electron chi connectivity index (χ3n) is 2.90. The number of rotatable bonds is 5. The maximum absolute atomic E-state index is 11.9. The van der Waals surface area contributed by atoms with Gasteiger partial charge in [0.1, 0.15) is 5.75 Å². The van der Waals surface area contributed by atoms with Gasteiger partial charge in [0.15, 0.2) is 0 Å². The van der Waals surface area contributed by atoms with E-state index in [2.05, 4.69) is 10.3 Å². The largest absolute Gasteiger partial charge is 0.505 e.